The first kappa shape index (κ1) is 99.7. The lowest BCUT2D eigenvalue weighted by atomic mass is 9.87. The molecule has 0 bridgehead atoms. The number of aliphatic hydroxyl groups is 3. The minimum atomic E-state index is -1.81. The van der Waals surface area contributed by atoms with Crippen LogP contribution in [-0.4, -0.2) is 240 Å². The quantitative estimate of drug-likeness (QED) is 0.0239. The summed E-state index contributed by atoms with van der Waals surface area (Å²) in [5.41, 5.74) is 5.58. The van der Waals surface area contributed by atoms with E-state index >= 15 is 24.0 Å². The molecule has 4 aromatic carbocycles. The van der Waals surface area contributed by atoms with Gasteiger partial charge in [-0.2, -0.15) is 0 Å². The normalized spacial score (nSPS) is 23.4. The van der Waals surface area contributed by atoms with Crippen LogP contribution < -0.4 is 69.1 Å². The lowest BCUT2D eigenvalue weighted by molar-refractivity contribution is -0.138. The summed E-state index contributed by atoms with van der Waals surface area (Å²) in [5, 5.41) is 69.3. The first-order valence-electron chi connectivity index (χ1n) is 41.1. The number of carbonyl (C=O) groups excluding carboxylic acids is 15. The van der Waals surface area contributed by atoms with Crippen molar-refractivity contribution in [3.05, 3.63) is 142 Å². The highest BCUT2D eigenvalue weighted by molar-refractivity contribution is 8.76. The van der Waals surface area contributed by atoms with Crippen LogP contribution in [0, 0.1) is 38.5 Å². The molecular weight excluding hydrogens is 1590 g/mol. The third kappa shape index (κ3) is 33.4. The standard InChI is InChI=1S/C87H122N14O18S2/c1-49-22-28-57(29-23-49)37-61-42-75(108)67(38-58-30-24-50(2)25-31-58)96-84(116)70(36-52(4)103)98-83(115)66(21-15-17-35-89-10)94-86(118)73(93-77(110)45-92-79(111)53(5)90-11)48-121-120-47-72(55(7)105)100-85(117)71(46-102)99-82(114)64(54(6)104)43-76(109)68(39-59-32-26-51(3)27-33-59)97-87(119)78(56(8)106)101-80(112)60(18-14-16-34-88-9)41-74(107)69(95-81(61)113)40-62-44-91-65-20-13-12-19-63(62)65/h12-13,19-20,22-33,44,53-54,56,60-61,64,66-73,78,88-91,102,104,106H,14-18,21,34-43,45-48H2,1-11H3,(H,92,111)(H,93,110)(H,94,118)(H,95,113)(H,96,116)(H,97,119)(H,98,115)(H,99,114)(H,100,117)(H,101,112)/t53-,54+,56+,60+,61+,64-,66-,67-,68-,69-,70-,71-,72-,73-,78-/m0/s1. The van der Waals surface area contributed by atoms with E-state index in [0.29, 0.717) is 71.9 Å². The van der Waals surface area contributed by atoms with Crippen molar-refractivity contribution in [2.45, 2.75) is 218 Å². The zero-order chi connectivity index (χ0) is 89.0. The predicted octanol–water partition coefficient (Wildman–Crippen LogP) is 1.67. The monoisotopic (exact) mass is 1710 g/mol. The number of ketones is 5. The predicted molar refractivity (Wildman–Crippen MR) is 462 cm³/mol. The molecule has 0 spiro atoms. The molecule has 1 saturated heterocycles. The van der Waals surface area contributed by atoms with Gasteiger partial charge < -0.3 is 89.4 Å². The van der Waals surface area contributed by atoms with Crippen molar-refractivity contribution in [3.63, 3.8) is 0 Å². The van der Waals surface area contributed by atoms with Gasteiger partial charge in [0.15, 0.2) is 23.1 Å². The average Bonchev–Trinajstić information content (AvgIpc) is 1.71. The molecule has 1 aromatic heterocycles. The van der Waals surface area contributed by atoms with E-state index in [0.717, 1.165) is 45.2 Å². The number of Topliss-reactive ketones (excluding diaryl/α,β-unsaturated/α-hetero) is 5. The van der Waals surface area contributed by atoms with Gasteiger partial charge in [0, 0.05) is 72.5 Å². The van der Waals surface area contributed by atoms with E-state index in [1.54, 1.807) is 93.9 Å². The summed E-state index contributed by atoms with van der Waals surface area (Å²) in [6, 6.07) is 13.7. The smallest absolute Gasteiger partial charge is 0.245 e. The number of fused-ring (bicyclic) bond motifs is 1. The van der Waals surface area contributed by atoms with Crippen LogP contribution >= 0.6 is 21.6 Å². The van der Waals surface area contributed by atoms with Gasteiger partial charge in [0.25, 0.3) is 0 Å². The number of benzene rings is 4. The number of H-pyrrole nitrogens is 1. The number of hydrogen-bond acceptors (Lipinski definition) is 23. The van der Waals surface area contributed by atoms with Gasteiger partial charge in [0.2, 0.25) is 59.1 Å². The van der Waals surface area contributed by atoms with Crippen LogP contribution in [0.2, 0.25) is 0 Å². The first-order chi connectivity index (χ1) is 57.6. The molecule has 2 heterocycles. The summed E-state index contributed by atoms with van der Waals surface area (Å²) in [7, 11) is 6.85. The second-order valence-corrected chi connectivity index (χ2v) is 33.9. The van der Waals surface area contributed by atoms with E-state index in [2.05, 4.69) is 74.1 Å². The van der Waals surface area contributed by atoms with Crippen LogP contribution in [-0.2, 0) is 97.6 Å². The molecule has 0 aliphatic carbocycles. The minimum Gasteiger partial charge on any atom is -0.394 e. The molecule has 17 N–H and O–H groups in total. The van der Waals surface area contributed by atoms with Crippen molar-refractivity contribution in [1.82, 2.24) is 74.1 Å². The number of rotatable bonds is 29. The fourth-order valence-corrected chi connectivity index (χ4v) is 16.1. The SMILES string of the molecule is CNCCCC[C@@H]1CC(=O)[C@H](Cc2c[nH]c3ccccc23)NC(=O)[C@H](Cc2ccc(C)cc2)CC(=O)[C@H](Cc2ccc(C)cc2)NC(=O)[C@H](CC(C)=O)NC(=O)[C@H](CCCCNC)NC(=O)[C@@H](NC(=O)CNC(=O)[C@H](C)NC)CSSC[C@@H](C(C)=O)NC(=O)[C@H](CO)NC(=O)[C@H]([C@@H](C)O)CC(=O)[C@H](Cc2ccc(C)cc2)NC(=O)[C@H]([C@@H](C)O)NC1=O. The summed E-state index contributed by atoms with van der Waals surface area (Å²) in [6.45, 7) is 11.2. The Balaban J connectivity index is 1.50. The molecule has 34 heteroatoms. The van der Waals surface area contributed by atoms with Crippen molar-refractivity contribution in [3.8, 4) is 0 Å². The molecule has 660 valence electrons. The molecule has 1 aliphatic rings. The number of nitrogens with one attached hydrogen (secondary N) is 14. The van der Waals surface area contributed by atoms with E-state index in [1.807, 2.05) is 51.1 Å². The topological polar surface area (TPSA) is 489 Å². The molecule has 121 heavy (non-hydrogen) atoms. The largest absolute Gasteiger partial charge is 0.394 e. The highest BCUT2D eigenvalue weighted by Gasteiger charge is 2.40. The number of carbonyl (C=O) groups is 15. The molecule has 0 radical (unpaired) electrons. The van der Waals surface area contributed by atoms with Crippen molar-refractivity contribution in [1.29, 1.82) is 0 Å². The number of para-hydroxylation sites is 1. The number of aromatic nitrogens is 1. The lowest BCUT2D eigenvalue weighted by Gasteiger charge is -2.28. The summed E-state index contributed by atoms with van der Waals surface area (Å²) >= 11 is 0. The van der Waals surface area contributed by atoms with Gasteiger partial charge >= 0.3 is 0 Å². The molecule has 15 atom stereocenters. The number of aliphatic hydroxyl groups excluding tert-OH is 3. The molecule has 1 fully saturated rings. The van der Waals surface area contributed by atoms with Crippen molar-refractivity contribution in [2.24, 2.45) is 17.8 Å². The summed E-state index contributed by atoms with van der Waals surface area (Å²) in [4.78, 5) is 222. The van der Waals surface area contributed by atoms with Crippen LogP contribution in [0.1, 0.15) is 138 Å². The van der Waals surface area contributed by atoms with Gasteiger partial charge in [0.05, 0.1) is 61.5 Å². The Hall–Kier alpha value is -10.1. The van der Waals surface area contributed by atoms with Crippen molar-refractivity contribution < 1.29 is 87.2 Å². The number of unbranched alkanes of at least 4 members (excludes halogenated alkanes) is 2. The van der Waals surface area contributed by atoms with Gasteiger partial charge in [-0.3, -0.25) is 71.9 Å². The highest BCUT2D eigenvalue weighted by atomic mass is 33.1. The van der Waals surface area contributed by atoms with Crippen LogP contribution in [0.5, 0.6) is 0 Å². The number of amides is 10. The van der Waals surface area contributed by atoms with Crippen LogP contribution in [0.3, 0.4) is 0 Å². The third-order valence-electron chi connectivity index (χ3n) is 21.2. The molecule has 10 amide bonds. The Morgan fingerprint density at radius 1 is 0.488 bits per heavy atom. The molecule has 1 aliphatic heterocycles. The van der Waals surface area contributed by atoms with Crippen molar-refractivity contribution in [2.75, 3.05) is 58.9 Å². The maximum Gasteiger partial charge on any atom is 0.245 e. The number of aryl methyl sites for hydroxylation is 3. The number of likely N-dealkylation sites (N-methyl/N-ethyl adjacent to an activating group) is 1. The minimum absolute atomic E-state index is 0.0408. The summed E-state index contributed by atoms with van der Waals surface area (Å²) in [5.74, 6) is -17.2. The lowest BCUT2D eigenvalue weighted by Crippen LogP contribution is -2.59. The van der Waals surface area contributed by atoms with E-state index in [4.69, 9.17) is 0 Å². The highest BCUT2D eigenvalue weighted by Crippen LogP contribution is 2.27. The molecule has 0 saturated carbocycles. The molecule has 0 unspecified atom stereocenters. The molecule has 6 rings (SSSR count). The number of hydrogen-bond donors (Lipinski definition) is 17. The zero-order valence-corrected chi connectivity index (χ0v) is 72.5. The summed E-state index contributed by atoms with van der Waals surface area (Å²) in [6.07, 6.45) is -3.18. The molecular formula is C87H122N14O18S2. The van der Waals surface area contributed by atoms with Gasteiger partial charge in [-0.1, -0.05) is 136 Å². The van der Waals surface area contributed by atoms with E-state index < -0.39 is 217 Å². The fraction of sp³-hybridized carbons (Fsp3) is 0.529. The van der Waals surface area contributed by atoms with E-state index in [-0.39, 0.29) is 50.0 Å². The zero-order valence-electron chi connectivity index (χ0n) is 70.9. The second kappa shape index (κ2) is 51.0. The maximum atomic E-state index is 15.7. The van der Waals surface area contributed by atoms with Crippen LogP contribution in [0.4, 0.5) is 0 Å². The Morgan fingerprint density at radius 3 is 1.51 bits per heavy atom. The Labute approximate surface area is 714 Å². The Morgan fingerprint density at radius 2 is 0.967 bits per heavy atom. The van der Waals surface area contributed by atoms with Gasteiger partial charge in [-0.15, -0.1) is 0 Å². The summed E-state index contributed by atoms with van der Waals surface area (Å²) < 4.78 is 0. The fourth-order valence-electron chi connectivity index (χ4n) is 13.7. The molecule has 5 aromatic rings. The van der Waals surface area contributed by atoms with Crippen LogP contribution in [0.25, 0.3) is 10.9 Å². The van der Waals surface area contributed by atoms with Crippen LogP contribution in [0.15, 0.2) is 103 Å². The van der Waals surface area contributed by atoms with Gasteiger partial charge in [0.1, 0.15) is 36.0 Å². The Bertz CT molecular complexity index is 4340. The van der Waals surface area contributed by atoms with Crippen molar-refractivity contribution >= 4 is 120 Å². The second-order valence-electron chi connectivity index (χ2n) is 31.4. The van der Waals surface area contributed by atoms with Gasteiger partial charge in [-0.25, -0.2) is 0 Å². The first-order valence-corrected chi connectivity index (χ1v) is 43.6. The average molecular weight is 1720 g/mol. The Kier molecular flexibility index (Phi) is 42.0. The van der Waals surface area contributed by atoms with E-state index in [1.165, 1.54) is 27.8 Å². The maximum absolute atomic E-state index is 15.7. The molecule has 32 nitrogen and oxygen atoms in total. The number of aromatic amines is 1. The van der Waals surface area contributed by atoms with Gasteiger partial charge in [-0.05, 0) is 169 Å². The van der Waals surface area contributed by atoms with E-state index in [9.17, 15) is 63.3 Å². The third-order valence-corrected chi connectivity index (χ3v) is 23.6.